The molecule has 6 heterocycles. The van der Waals surface area contributed by atoms with Crippen LogP contribution < -0.4 is 0 Å². The van der Waals surface area contributed by atoms with E-state index in [9.17, 15) is 0 Å². The molecule has 0 bridgehead atoms. The summed E-state index contributed by atoms with van der Waals surface area (Å²) in [6.45, 7) is 11.0. The Morgan fingerprint density at radius 2 is 1.31 bits per heavy atom. The lowest BCUT2D eigenvalue weighted by Crippen LogP contribution is -2.09. The van der Waals surface area contributed by atoms with Gasteiger partial charge in [-0.1, -0.05) is 87.7 Å². The van der Waals surface area contributed by atoms with Crippen molar-refractivity contribution in [1.82, 2.24) is 0 Å². The second-order valence-corrected chi connectivity index (χ2v) is 23.4. The van der Waals surface area contributed by atoms with Crippen LogP contribution in [0.4, 0.5) is 0 Å². The number of aryl methyl sites for hydroxylation is 1. The summed E-state index contributed by atoms with van der Waals surface area (Å²) in [5.74, 6) is 0.412. The molecule has 0 radical (unpaired) electrons. The van der Waals surface area contributed by atoms with Gasteiger partial charge in [0.15, 0.2) is 0 Å². The first-order valence-electron chi connectivity index (χ1n) is 11.6. The first-order chi connectivity index (χ1) is 17.2. The van der Waals surface area contributed by atoms with E-state index in [1.165, 1.54) is 47.9 Å². The van der Waals surface area contributed by atoms with E-state index in [4.69, 9.17) is 0 Å². The Bertz CT molecular complexity index is 1930. The van der Waals surface area contributed by atoms with Crippen molar-refractivity contribution >= 4 is 164 Å². The third-order valence-corrected chi connectivity index (χ3v) is 18.7. The molecule has 2 atom stereocenters. The fraction of sp³-hybridized carbons (Fsp3) is 0.259. The first-order valence-corrected chi connectivity index (χ1v) is 19.7. The molecule has 0 nitrogen and oxygen atoms in total. The van der Waals surface area contributed by atoms with Gasteiger partial charge in [-0.25, -0.2) is 0 Å². The number of hydrogen-bond acceptors (Lipinski definition) is 6. The van der Waals surface area contributed by atoms with Gasteiger partial charge in [-0.2, -0.15) is 0 Å². The Morgan fingerprint density at radius 3 is 2.00 bits per heavy atom. The zero-order chi connectivity index (χ0) is 24.9. The highest BCUT2D eigenvalue weighted by atomic mass is 127. The van der Waals surface area contributed by atoms with E-state index in [0.717, 1.165) is 6.42 Å². The van der Waals surface area contributed by atoms with Crippen molar-refractivity contribution in [3.8, 4) is 19.5 Å². The topological polar surface area (TPSA) is 0 Å². The van der Waals surface area contributed by atoms with Gasteiger partial charge < -0.3 is 0 Å². The molecule has 0 saturated carbocycles. The molecule has 0 aliphatic heterocycles. The summed E-state index contributed by atoms with van der Waals surface area (Å²) >= 11 is 20.5. The lowest BCUT2D eigenvalue weighted by atomic mass is 10.0. The molecule has 6 aromatic heterocycles. The minimum absolute atomic E-state index is 0.0227. The fourth-order valence-corrected chi connectivity index (χ4v) is 20.1. The van der Waals surface area contributed by atoms with E-state index in [2.05, 4.69) is 136 Å². The highest BCUT2D eigenvalue weighted by Crippen LogP contribution is 2.71. The maximum Gasteiger partial charge on any atom is 0.129 e. The maximum absolute atomic E-state index is 4.03. The molecule has 0 N–H and O–H groups in total. The van der Waals surface area contributed by atoms with Gasteiger partial charge >= 0.3 is 0 Å². The third-order valence-electron chi connectivity index (χ3n) is 7.45. The summed E-state index contributed by atoms with van der Waals surface area (Å²) in [5, 5.41) is 0. The second-order valence-electron chi connectivity index (χ2n) is 9.59. The molecule has 2 unspecified atom stereocenters. The van der Waals surface area contributed by atoms with Crippen LogP contribution in [-0.2, 0) is 11.3 Å². The van der Waals surface area contributed by atoms with Gasteiger partial charge in [0.25, 0.3) is 0 Å². The van der Waals surface area contributed by atoms with Crippen molar-refractivity contribution in [1.29, 1.82) is 0 Å². The van der Waals surface area contributed by atoms with E-state index >= 15 is 0 Å². The van der Waals surface area contributed by atoms with Gasteiger partial charge in [-0.3, -0.25) is 0 Å². The predicted octanol–water partition coefficient (Wildman–Crippen LogP) is 13.1. The number of rotatable bonds is 3. The van der Waals surface area contributed by atoms with E-state index in [1.807, 2.05) is 45.3 Å². The summed E-state index contributed by atoms with van der Waals surface area (Å²) < 4.78 is 9.05. The molecule has 36 heavy (non-hydrogen) atoms. The molecule has 6 aromatic rings. The monoisotopic (exact) mass is 914 g/mol. The molecule has 0 amide bonds. The summed E-state index contributed by atoms with van der Waals surface area (Å²) in [7, 11) is 0. The van der Waals surface area contributed by atoms with E-state index in [0.29, 0.717) is 5.92 Å². The SMILES string of the molecule is C=CC(C)c1cc2sc3c(c2s1)C(I)(I)c1c-3sc2c3c(sc12)-c1sc2cc(CC)sc2c1C3(C)I. The molecule has 0 aromatic carbocycles. The highest BCUT2D eigenvalue weighted by Gasteiger charge is 2.50. The Kier molecular flexibility index (Phi) is 5.49. The Balaban J connectivity index is 1.37. The van der Waals surface area contributed by atoms with Crippen molar-refractivity contribution in [3.05, 3.63) is 56.8 Å². The van der Waals surface area contributed by atoms with Gasteiger partial charge in [-0.05, 0) is 25.5 Å². The normalized spacial score (nSPS) is 20.4. The van der Waals surface area contributed by atoms with Crippen LogP contribution in [0.25, 0.3) is 47.7 Å². The lowest BCUT2D eigenvalue weighted by molar-refractivity contribution is 0.943. The minimum Gasteiger partial charge on any atom is -0.139 e. The summed E-state index contributed by atoms with van der Waals surface area (Å²) in [4.78, 5) is 9.08. The Hall–Kier alpha value is 0.910. The van der Waals surface area contributed by atoms with Crippen LogP contribution in [0.2, 0.25) is 0 Å². The summed E-state index contributed by atoms with van der Waals surface area (Å²) in [6.07, 6.45) is 3.20. The van der Waals surface area contributed by atoms with Gasteiger partial charge in [-0.15, -0.1) is 74.6 Å². The van der Waals surface area contributed by atoms with E-state index < -0.39 is 0 Å². The molecule has 9 heteroatoms. The molecule has 8 rings (SSSR count). The molecular weight excluding hydrogens is 897 g/mol. The molecule has 182 valence electrons. The second kappa shape index (κ2) is 8.01. The van der Waals surface area contributed by atoms with Crippen molar-refractivity contribution in [3.63, 3.8) is 0 Å². The third kappa shape index (κ3) is 2.94. The predicted molar refractivity (Wildman–Crippen MR) is 194 cm³/mol. The van der Waals surface area contributed by atoms with Gasteiger partial charge in [0, 0.05) is 47.3 Å². The number of fused-ring (bicyclic) bond motifs is 13. The van der Waals surface area contributed by atoms with E-state index in [1.54, 1.807) is 31.8 Å². The Morgan fingerprint density at radius 1 is 0.778 bits per heavy atom. The van der Waals surface area contributed by atoms with Crippen LogP contribution in [-0.4, -0.2) is 0 Å². The average Bonchev–Trinajstić information content (AvgIpc) is 3.62. The fourth-order valence-electron chi connectivity index (χ4n) is 5.60. The summed E-state index contributed by atoms with van der Waals surface area (Å²) in [5.41, 5.74) is 6.29. The Labute approximate surface area is 274 Å². The average molecular weight is 915 g/mol. The van der Waals surface area contributed by atoms with Crippen molar-refractivity contribution in [2.24, 2.45) is 0 Å². The molecule has 0 spiro atoms. The largest absolute Gasteiger partial charge is 0.139 e. The van der Waals surface area contributed by atoms with Crippen LogP contribution in [0.5, 0.6) is 0 Å². The smallest absolute Gasteiger partial charge is 0.129 e. The van der Waals surface area contributed by atoms with Gasteiger partial charge in [0.05, 0.1) is 41.7 Å². The number of halogens is 3. The first kappa shape index (κ1) is 24.7. The minimum atomic E-state index is -0.0227. The highest BCUT2D eigenvalue weighted by molar-refractivity contribution is 14.2. The quantitative estimate of drug-likeness (QED) is 0.0943. The number of thiophene rings is 6. The zero-order valence-electron chi connectivity index (χ0n) is 19.3. The van der Waals surface area contributed by atoms with Crippen LogP contribution in [0.1, 0.15) is 58.7 Å². The standard InChI is InChI=1S/C27H17I3S6/c1-5-9(3)11-8-13-19(32-11)16-23(34-13)25-17(27(16,29)30)24-22(36-25)15-21(35-24)20-14(26(15,4)28)18-12(33-20)7-10(6-2)31-18/h5,7-9H,1,6H2,2-4H3. The lowest BCUT2D eigenvalue weighted by Gasteiger charge is -2.18. The van der Waals surface area contributed by atoms with Crippen LogP contribution in [0.3, 0.4) is 0 Å². The van der Waals surface area contributed by atoms with Crippen LogP contribution in [0.15, 0.2) is 24.8 Å². The molecule has 0 saturated heterocycles. The number of hydrogen-bond donors (Lipinski definition) is 0. The van der Waals surface area contributed by atoms with Crippen molar-refractivity contribution in [2.75, 3.05) is 0 Å². The van der Waals surface area contributed by atoms with Crippen molar-refractivity contribution in [2.45, 2.75) is 38.0 Å². The van der Waals surface area contributed by atoms with Crippen LogP contribution >= 0.6 is 136 Å². The van der Waals surface area contributed by atoms with Gasteiger partial charge in [0.1, 0.15) is 1.43 Å². The maximum atomic E-state index is 4.03. The summed E-state index contributed by atoms with van der Waals surface area (Å²) in [6, 6.07) is 4.86. The number of allylic oxidation sites excluding steroid dienone is 1. The van der Waals surface area contributed by atoms with Crippen LogP contribution in [0, 0.1) is 0 Å². The van der Waals surface area contributed by atoms with E-state index in [-0.39, 0.29) is 4.85 Å². The van der Waals surface area contributed by atoms with Crippen molar-refractivity contribution < 1.29 is 0 Å². The molecule has 2 aliphatic carbocycles. The molecule has 2 aliphatic rings. The molecular formula is C27H17I3S6. The number of alkyl halides is 3. The molecule has 0 fully saturated rings. The van der Waals surface area contributed by atoms with Gasteiger partial charge in [0.2, 0.25) is 0 Å². The zero-order valence-corrected chi connectivity index (χ0v) is 30.7.